The van der Waals surface area contributed by atoms with Crippen LogP contribution in [0, 0.1) is 13.8 Å². The molecule has 0 unspecified atom stereocenters. The molecule has 0 radical (unpaired) electrons. The molecule has 0 amide bonds. The van der Waals surface area contributed by atoms with E-state index in [0.29, 0.717) is 24.3 Å². The van der Waals surface area contributed by atoms with Gasteiger partial charge in [-0.3, -0.25) is 9.48 Å². The van der Waals surface area contributed by atoms with E-state index in [4.69, 9.17) is 4.74 Å². The van der Waals surface area contributed by atoms with Crippen LogP contribution in [0.2, 0.25) is 0 Å². The van der Waals surface area contributed by atoms with Gasteiger partial charge < -0.3 is 9.84 Å². The summed E-state index contributed by atoms with van der Waals surface area (Å²) < 4.78 is 7.32. The topological polar surface area (TPSA) is 64.3 Å². The lowest BCUT2D eigenvalue weighted by molar-refractivity contribution is 0.0886. The average molecular weight is 302 g/mol. The van der Waals surface area contributed by atoms with Crippen LogP contribution in [-0.2, 0) is 6.54 Å². The van der Waals surface area contributed by atoms with Gasteiger partial charge in [0, 0.05) is 17.7 Å². The van der Waals surface area contributed by atoms with Crippen LogP contribution < -0.4 is 4.74 Å². The van der Waals surface area contributed by atoms with Crippen LogP contribution in [0.5, 0.6) is 5.75 Å². The Bertz CT molecular complexity index is 632. The highest BCUT2D eigenvalue weighted by atomic mass is 16.5. The fourth-order valence-corrected chi connectivity index (χ4v) is 2.25. The smallest absolute Gasteiger partial charge is 0.162 e. The highest BCUT2D eigenvalue weighted by Gasteiger charge is 2.10. The molecule has 0 aliphatic carbocycles. The lowest BCUT2D eigenvalue weighted by atomic mass is 10.1. The zero-order valence-corrected chi connectivity index (χ0v) is 13.2. The maximum atomic E-state index is 11.5. The molecule has 2 aromatic rings. The second kappa shape index (κ2) is 7.22. The SMILES string of the molecule is CCC(=O)c1ccc(OC[C@@H](O)Cn2nc(C)cc2C)cc1. The van der Waals surface area contributed by atoms with E-state index >= 15 is 0 Å². The molecular formula is C17H22N2O3. The summed E-state index contributed by atoms with van der Waals surface area (Å²) in [4.78, 5) is 11.5. The number of aromatic nitrogens is 2. The standard InChI is InChI=1S/C17H22N2O3/c1-4-17(21)14-5-7-16(8-6-14)22-11-15(20)10-19-13(3)9-12(2)18-19/h5-9,15,20H,4,10-11H2,1-3H3/t15-/m0/s1. The van der Waals surface area contributed by atoms with Crippen LogP contribution in [0.15, 0.2) is 30.3 Å². The maximum Gasteiger partial charge on any atom is 0.162 e. The predicted molar refractivity (Wildman–Crippen MR) is 84.3 cm³/mol. The average Bonchev–Trinajstić information content (AvgIpc) is 2.82. The molecule has 1 aromatic carbocycles. The number of aliphatic hydroxyl groups excluding tert-OH is 1. The van der Waals surface area contributed by atoms with Gasteiger partial charge in [0.05, 0.1) is 12.2 Å². The minimum Gasteiger partial charge on any atom is -0.491 e. The van der Waals surface area contributed by atoms with E-state index in [9.17, 15) is 9.90 Å². The van der Waals surface area contributed by atoms with Gasteiger partial charge in [-0.2, -0.15) is 5.10 Å². The number of Topliss-reactive ketones (excluding diaryl/α,β-unsaturated/α-hetero) is 1. The number of aliphatic hydroxyl groups is 1. The summed E-state index contributed by atoms with van der Waals surface area (Å²) >= 11 is 0. The third kappa shape index (κ3) is 4.18. The van der Waals surface area contributed by atoms with E-state index in [1.807, 2.05) is 26.8 Å². The second-order valence-corrected chi connectivity index (χ2v) is 5.38. The fourth-order valence-electron chi connectivity index (χ4n) is 2.25. The van der Waals surface area contributed by atoms with E-state index in [1.165, 1.54) is 0 Å². The Morgan fingerprint density at radius 1 is 1.32 bits per heavy atom. The molecule has 0 bridgehead atoms. The Kier molecular flexibility index (Phi) is 5.33. The van der Waals surface area contributed by atoms with Gasteiger partial charge in [0.2, 0.25) is 0 Å². The molecule has 0 fully saturated rings. The molecule has 5 nitrogen and oxygen atoms in total. The first kappa shape index (κ1) is 16.2. The lowest BCUT2D eigenvalue weighted by Gasteiger charge is -2.13. The number of benzene rings is 1. The van der Waals surface area contributed by atoms with Gasteiger partial charge in [-0.25, -0.2) is 0 Å². The predicted octanol–water partition coefficient (Wildman–Crippen LogP) is 2.53. The molecule has 118 valence electrons. The van der Waals surface area contributed by atoms with Gasteiger partial charge >= 0.3 is 0 Å². The molecule has 0 aliphatic rings. The van der Waals surface area contributed by atoms with Crippen molar-refractivity contribution >= 4 is 5.78 Å². The lowest BCUT2D eigenvalue weighted by Crippen LogP contribution is -2.24. The number of ether oxygens (including phenoxy) is 1. The van der Waals surface area contributed by atoms with Crippen molar-refractivity contribution in [2.75, 3.05) is 6.61 Å². The van der Waals surface area contributed by atoms with E-state index in [-0.39, 0.29) is 12.4 Å². The molecular weight excluding hydrogens is 280 g/mol. The Morgan fingerprint density at radius 2 is 2.00 bits per heavy atom. The summed E-state index contributed by atoms with van der Waals surface area (Å²) in [6, 6.07) is 8.96. The summed E-state index contributed by atoms with van der Waals surface area (Å²) in [7, 11) is 0. The molecule has 0 saturated heterocycles. The van der Waals surface area contributed by atoms with Crippen LogP contribution >= 0.6 is 0 Å². The number of carbonyl (C=O) groups excluding carboxylic acids is 1. The molecule has 0 saturated carbocycles. The fraction of sp³-hybridized carbons (Fsp3) is 0.412. The number of nitrogens with zero attached hydrogens (tertiary/aromatic N) is 2. The Labute approximate surface area is 130 Å². The minimum absolute atomic E-state index is 0.108. The number of hydrogen-bond donors (Lipinski definition) is 1. The minimum atomic E-state index is -0.644. The molecule has 1 N–H and O–H groups in total. The van der Waals surface area contributed by atoms with Crippen LogP contribution in [0.25, 0.3) is 0 Å². The summed E-state index contributed by atoms with van der Waals surface area (Å²) in [5.41, 5.74) is 2.62. The van der Waals surface area contributed by atoms with Gasteiger partial charge in [-0.05, 0) is 44.2 Å². The third-order valence-electron chi connectivity index (χ3n) is 3.43. The maximum absolute atomic E-state index is 11.5. The molecule has 1 atom stereocenters. The number of ketones is 1. The molecule has 22 heavy (non-hydrogen) atoms. The molecule has 1 heterocycles. The van der Waals surface area contributed by atoms with Crippen molar-refractivity contribution in [2.45, 2.75) is 39.8 Å². The van der Waals surface area contributed by atoms with E-state index < -0.39 is 6.10 Å². The Morgan fingerprint density at radius 3 is 2.55 bits per heavy atom. The van der Waals surface area contributed by atoms with Crippen molar-refractivity contribution < 1.29 is 14.6 Å². The number of aryl methyl sites for hydroxylation is 2. The molecule has 5 heteroatoms. The van der Waals surface area contributed by atoms with Crippen molar-refractivity contribution in [3.8, 4) is 5.75 Å². The van der Waals surface area contributed by atoms with Crippen molar-refractivity contribution in [3.63, 3.8) is 0 Å². The number of hydrogen-bond acceptors (Lipinski definition) is 4. The zero-order chi connectivity index (χ0) is 16.1. The first-order chi connectivity index (χ1) is 10.5. The van der Waals surface area contributed by atoms with E-state index in [2.05, 4.69) is 5.10 Å². The summed E-state index contributed by atoms with van der Waals surface area (Å²) in [6.45, 7) is 6.29. The monoisotopic (exact) mass is 302 g/mol. The largest absolute Gasteiger partial charge is 0.491 e. The first-order valence-electron chi connectivity index (χ1n) is 7.44. The van der Waals surface area contributed by atoms with Crippen LogP contribution in [-0.4, -0.2) is 33.4 Å². The Hall–Kier alpha value is -2.14. The van der Waals surface area contributed by atoms with Crippen LogP contribution in [0.4, 0.5) is 0 Å². The van der Waals surface area contributed by atoms with Crippen LogP contribution in [0.1, 0.15) is 35.1 Å². The molecule has 0 spiro atoms. The molecule has 2 rings (SSSR count). The summed E-state index contributed by atoms with van der Waals surface area (Å²) in [5, 5.41) is 14.3. The third-order valence-corrected chi connectivity index (χ3v) is 3.43. The highest BCUT2D eigenvalue weighted by Crippen LogP contribution is 2.14. The van der Waals surface area contributed by atoms with Gasteiger partial charge in [-0.15, -0.1) is 0 Å². The highest BCUT2D eigenvalue weighted by molar-refractivity contribution is 5.95. The molecule has 0 aliphatic heterocycles. The summed E-state index contributed by atoms with van der Waals surface area (Å²) in [5.74, 6) is 0.746. The van der Waals surface area contributed by atoms with Crippen LogP contribution in [0.3, 0.4) is 0 Å². The second-order valence-electron chi connectivity index (χ2n) is 5.38. The number of rotatable bonds is 7. The quantitative estimate of drug-likeness (QED) is 0.798. The molecule has 1 aromatic heterocycles. The van der Waals surface area contributed by atoms with Gasteiger partial charge in [0.1, 0.15) is 18.5 Å². The number of carbonyl (C=O) groups is 1. The first-order valence-corrected chi connectivity index (χ1v) is 7.44. The van der Waals surface area contributed by atoms with Gasteiger partial charge in [0.25, 0.3) is 0 Å². The van der Waals surface area contributed by atoms with E-state index in [1.54, 1.807) is 28.9 Å². The van der Waals surface area contributed by atoms with Crippen molar-refractivity contribution in [1.82, 2.24) is 9.78 Å². The summed E-state index contributed by atoms with van der Waals surface area (Å²) in [6.07, 6.45) is -0.156. The zero-order valence-electron chi connectivity index (χ0n) is 13.2. The van der Waals surface area contributed by atoms with Gasteiger partial charge in [-0.1, -0.05) is 6.92 Å². The van der Waals surface area contributed by atoms with Crippen molar-refractivity contribution in [1.29, 1.82) is 0 Å². The van der Waals surface area contributed by atoms with E-state index in [0.717, 1.165) is 11.4 Å². The van der Waals surface area contributed by atoms with Crippen molar-refractivity contribution in [3.05, 3.63) is 47.3 Å². The van der Waals surface area contributed by atoms with Gasteiger partial charge in [0.15, 0.2) is 5.78 Å². The van der Waals surface area contributed by atoms with Crippen molar-refractivity contribution in [2.24, 2.45) is 0 Å². The normalized spacial score (nSPS) is 12.2. The Balaban J connectivity index is 1.87.